The van der Waals surface area contributed by atoms with E-state index in [9.17, 15) is 29.1 Å². The van der Waals surface area contributed by atoms with Crippen molar-refractivity contribution in [1.82, 2.24) is 25.8 Å². The van der Waals surface area contributed by atoms with Crippen LogP contribution in [0.25, 0.3) is 0 Å². The number of fused-ring (bicyclic) bond motifs is 3. The number of nitrogens with one attached hydrogen (secondary N) is 3. The summed E-state index contributed by atoms with van der Waals surface area (Å²) in [5.41, 5.74) is 6.98. The predicted octanol–water partition coefficient (Wildman–Crippen LogP) is 0.227. The molecule has 3 heterocycles. The molecule has 3 fully saturated rings. The predicted molar refractivity (Wildman–Crippen MR) is 173 cm³/mol. The van der Waals surface area contributed by atoms with Gasteiger partial charge in [0, 0.05) is 26.2 Å². The van der Waals surface area contributed by atoms with E-state index in [0.717, 1.165) is 31.2 Å². The third-order valence-electron chi connectivity index (χ3n) is 10.5. The summed E-state index contributed by atoms with van der Waals surface area (Å²) in [5, 5.41) is 18.4. The first-order valence-corrected chi connectivity index (χ1v) is 17.1. The Balaban J connectivity index is 1.35. The second-order valence-corrected chi connectivity index (χ2v) is 13.8. The molecule has 2 saturated heterocycles. The van der Waals surface area contributed by atoms with Crippen LogP contribution in [0.3, 0.4) is 0 Å². The third-order valence-corrected chi connectivity index (χ3v) is 10.5. The molecule has 2 bridgehead atoms. The van der Waals surface area contributed by atoms with E-state index in [4.69, 9.17) is 10.5 Å². The average Bonchev–Trinajstić information content (AvgIpc) is 3.58. The summed E-state index contributed by atoms with van der Waals surface area (Å²) in [6, 6.07) is 4.00. The van der Waals surface area contributed by atoms with Gasteiger partial charge in [-0.15, -0.1) is 0 Å². The van der Waals surface area contributed by atoms with Gasteiger partial charge in [-0.1, -0.05) is 31.4 Å². The Labute approximate surface area is 276 Å². The molecule has 4 aliphatic rings. The van der Waals surface area contributed by atoms with Gasteiger partial charge in [0.2, 0.25) is 23.6 Å². The number of amides is 5. The van der Waals surface area contributed by atoms with Crippen LogP contribution in [-0.4, -0.2) is 108 Å². The summed E-state index contributed by atoms with van der Waals surface area (Å²) in [6.45, 7) is 2.24. The maximum absolute atomic E-state index is 13.4. The van der Waals surface area contributed by atoms with Crippen molar-refractivity contribution >= 4 is 29.5 Å². The molecule has 1 aromatic carbocycles. The van der Waals surface area contributed by atoms with Gasteiger partial charge < -0.3 is 41.3 Å². The summed E-state index contributed by atoms with van der Waals surface area (Å²) in [5.74, 6) is -1.25. The van der Waals surface area contributed by atoms with Crippen molar-refractivity contribution in [2.45, 2.75) is 95.3 Å². The number of nitrogens with zero attached hydrogens (tertiary/aromatic N) is 2. The van der Waals surface area contributed by atoms with Crippen molar-refractivity contribution in [3.05, 3.63) is 29.8 Å². The maximum Gasteiger partial charge on any atom is 0.258 e. The minimum atomic E-state index is -1.21. The van der Waals surface area contributed by atoms with E-state index in [-0.39, 0.29) is 25.0 Å². The van der Waals surface area contributed by atoms with Crippen molar-refractivity contribution in [2.75, 3.05) is 39.4 Å². The zero-order chi connectivity index (χ0) is 33.6. The van der Waals surface area contributed by atoms with Gasteiger partial charge in [-0.2, -0.15) is 0 Å². The number of rotatable bonds is 3. The van der Waals surface area contributed by atoms with Crippen molar-refractivity contribution in [2.24, 2.45) is 17.1 Å². The third kappa shape index (κ3) is 8.42. The van der Waals surface area contributed by atoms with E-state index in [1.54, 1.807) is 13.0 Å². The van der Waals surface area contributed by atoms with E-state index in [1.165, 1.54) is 11.3 Å². The number of aliphatic hydroxyl groups excluding tert-OH is 1. The number of hydrogen-bond donors (Lipinski definition) is 5. The summed E-state index contributed by atoms with van der Waals surface area (Å²) in [7, 11) is 0. The van der Waals surface area contributed by atoms with Crippen LogP contribution in [0.1, 0.15) is 70.3 Å². The van der Waals surface area contributed by atoms with Gasteiger partial charge in [-0.25, -0.2) is 0 Å². The van der Waals surface area contributed by atoms with Gasteiger partial charge in [-0.3, -0.25) is 24.0 Å². The number of ether oxygens (including phenoxy) is 1. The van der Waals surface area contributed by atoms with E-state index < -0.39 is 59.8 Å². The van der Waals surface area contributed by atoms with Crippen LogP contribution in [0.4, 0.5) is 0 Å². The Kier molecular flexibility index (Phi) is 11.4. The highest BCUT2D eigenvalue weighted by atomic mass is 16.5. The minimum Gasteiger partial charge on any atom is -0.484 e. The molecule has 47 heavy (non-hydrogen) atoms. The number of carbonyl (C=O) groups excluding carboxylic acids is 5. The lowest BCUT2D eigenvalue weighted by atomic mass is 9.73. The molecule has 13 heteroatoms. The van der Waals surface area contributed by atoms with Gasteiger partial charge in [0.25, 0.3) is 5.91 Å². The lowest BCUT2D eigenvalue weighted by Gasteiger charge is -2.43. The molecule has 4 atom stereocenters. The SMILES string of the molecule is C[C@@H]1NC(=O)COc2cccc(c2)CC2(CCN(C(=O)[C@@H](N)C3CCCCC3)CC2)CNC(=O)[C@H](CO)NC(=O)[C@@H]2CCCN2C1=O. The molecule has 0 aromatic heterocycles. The molecule has 1 aliphatic carbocycles. The van der Waals surface area contributed by atoms with Gasteiger partial charge in [-0.05, 0) is 80.9 Å². The number of hydrogen-bond acceptors (Lipinski definition) is 8. The zero-order valence-electron chi connectivity index (χ0n) is 27.4. The van der Waals surface area contributed by atoms with E-state index >= 15 is 0 Å². The highest BCUT2D eigenvalue weighted by molar-refractivity contribution is 5.94. The second-order valence-electron chi connectivity index (χ2n) is 13.8. The Hall–Kier alpha value is -3.71. The molecule has 0 radical (unpaired) electrons. The minimum absolute atomic E-state index is 0.0163. The molecule has 1 aromatic rings. The van der Waals surface area contributed by atoms with Gasteiger partial charge in [0.1, 0.15) is 23.9 Å². The van der Waals surface area contributed by atoms with Crippen LogP contribution in [0.15, 0.2) is 24.3 Å². The standard InChI is InChI=1S/C34H50N6O7/c1-22-32(45)40-14-6-11-27(40)31(44)38-26(19-41)30(43)36-21-34(18-23-7-5-10-25(17-23)47-20-28(42)37-22)12-15-39(16-13-34)33(46)29(35)24-8-3-2-4-9-24/h5,7,10,17,22,24,26-27,29,41H,2-4,6,8-9,11-16,18-21,35H2,1H3,(H,36,43)(H,37,42)(H,38,44)/t22-,26-,27-,29-/m0/s1. The lowest BCUT2D eigenvalue weighted by Crippen LogP contribution is -2.58. The molecule has 258 valence electrons. The van der Waals surface area contributed by atoms with E-state index in [1.807, 2.05) is 23.1 Å². The molecule has 3 aliphatic heterocycles. The fourth-order valence-electron chi connectivity index (χ4n) is 7.61. The molecule has 0 unspecified atom stereocenters. The molecular weight excluding hydrogens is 604 g/mol. The van der Waals surface area contributed by atoms with Gasteiger partial charge >= 0.3 is 0 Å². The quantitative estimate of drug-likeness (QED) is 0.307. The van der Waals surface area contributed by atoms with Crippen LogP contribution in [0.2, 0.25) is 0 Å². The monoisotopic (exact) mass is 654 g/mol. The Morgan fingerprint density at radius 2 is 1.77 bits per heavy atom. The maximum atomic E-state index is 13.4. The summed E-state index contributed by atoms with van der Waals surface area (Å²) < 4.78 is 5.80. The number of benzene rings is 1. The molecule has 5 rings (SSSR count). The van der Waals surface area contributed by atoms with Crippen LogP contribution >= 0.6 is 0 Å². The number of nitrogens with two attached hydrogens (primary N) is 1. The number of piperidine rings is 1. The van der Waals surface area contributed by atoms with Crippen LogP contribution in [0.5, 0.6) is 5.75 Å². The first-order chi connectivity index (χ1) is 22.6. The molecule has 5 amide bonds. The summed E-state index contributed by atoms with van der Waals surface area (Å²) in [6.07, 6.45) is 8.13. The molecule has 13 nitrogen and oxygen atoms in total. The number of carbonyl (C=O) groups is 5. The Bertz CT molecular complexity index is 1310. The van der Waals surface area contributed by atoms with E-state index in [2.05, 4.69) is 16.0 Å². The van der Waals surface area contributed by atoms with Gasteiger partial charge in [0.05, 0.1) is 12.6 Å². The average molecular weight is 655 g/mol. The molecule has 1 saturated carbocycles. The molecule has 1 spiro atoms. The first-order valence-electron chi connectivity index (χ1n) is 17.1. The van der Waals surface area contributed by atoms with Crippen molar-refractivity contribution in [3.63, 3.8) is 0 Å². The Morgan fingerprint density at radius 3 is 2.49 bits per heavy atom. The highest BCUT2D eigenvalue weighted by Gasteiger charge is 2.41. The van der Waals surface area contributed by atoms with Gasteiger partial charge in [0.15, 0.2) is 6.61 Å². The number of aliphatic hydroxyl groups is 1. The molecular formula is C34H50N6O7. The topological polar surface area (TPSA) is 183 Å². The highest BCUT2D eigenvalue weighted by Crippen LogP contribution is 2.36. The fraction of sp³-hybridized carbons (Fsp3) is 0.676. The fourth-order valence-corrected chi connectivity index (χ4v) is 7.61. The smallest absolute Gasteiger partial charge is 0.258 e. The first kappa shape index (κ1) is 34.6. The Morgan fingerprint density at radius 1 is 1.02 bits per heavy atom. The molecule has 6 N–H and O–H groups in total. The largest absolute Gasteiger partial charge is 0.484 e. The number of likely N-dealkylation sites (tertiary alicyclic amines) is 1. The van der Waals surface area contributed by atoms with E-state index in [0.29, 0.717) is 57.5 Å². The van der Waals surface area contributed by atoms with Crippen molar-refractivity contribution < 1.29 is 33.8 Å². The van der Waals surface area contributed by atoms with Crippen LogP contribution in [-0.2, 0) is 30.4 Å². The zero-order valence-corrected chi connectivity index (χ0v) is 27.4. The lowest BCUT2D eigenvalue weighted by molar-refractivity contribution is -0.142. The summed E-state index contributed by atoms with van der Waals surface area (Å²) in [4.78, 5) is 69.3. The normalized spacial score (nSPS) is 27.3. The van der Waals surface area contributed by atoms with Crippen molar-refractivity contribution in [1.29, 1.82) is 0 Å². The summed E-state index contributed by atoms with van der Waals surface area (Å²) >= 11 is 0. The van der Waals surface area contributed by atoms with Crippen LogP contribution in [0, 0.1) is 11.3 Å². The van der Waals surface area contributed by atoms with Crippen molar-refractivity contribution in [3.8, 4) is 5.75 Å². The second kappa shape index (κ2) is 15.5. The van der Waals surface area contributed by atoms with Crippen LogP contribution < -0.4 is 26.4 Å².